The SMILES string of the molecule is CNc1cc(C)nc(Nc2ccc(Cl)c(C(=O)CCC3COC3)c2)n1.CNc1cc(C)nc(Nc2ccc(Cl)c(C(=O)O)c2)n1.NCC1COC1. The van der Waals surface area contributed by atoms with Crippen molar-refractivity contribution in [2.75, 3.05) is 68.3 Å². The van der Waals surface area contributed by atoms with Crippen LogP contribution in [0.1, 0.15) is 44.9 Å². The molecule has 2 saturated heterocycles. The van der Waals surface area contributed by atoms with E-state index >= 15 is 0 Å². The Bertz CT molecular complexity index is 1800. The Hall–Kier alpha value is -4.60. The number of aromatic nitrogens is 4. The van der Waals surface area contributed by atoms with Crippen LogP contribution >= 0.6 is 23.2 Å². The number of carbonyl (C=O) groups is 2. The highest BCUT2D eigenvalue weighted by Gasteiger charge is 2.21. The Morgan fingerprint density at radius 3 is 1.63 bits per heavy atom. The summed E-state index contributed by atoms with van der Waals surface area (Å²) in [6.07, 6.45) is 1.31. The van der Waals surface area contributed by atoms with Crippen molar-refractivity contribution in [3.8, 4) is 0 Å². The van der Waals surface area contributed by atoms with E-state index in [1.807, 2.05) is 26.0 Å². The number of nitrogens with zero attached hydrogens (tertiary/aromatic N) is 4. The van der Waals surface area contributed by atoms with Crippen molar-refractivity contribution < 1.29 is 24.2 Å². The lowest BCUT2D eigenvalue weighted by atomic mass is 9.97. The highest BCUT2D eigenvalue weighted by molar-refractivity contribution is 6.34. The minimum atomic E-state index is -1.08. The summed E-state index contributed by atoms with van der Waals surface area (Å²) in [7, 11) is 3.56. The molecule has 16 heteroatoms. The molecular weight excluding hydrogens is 697 g/mol. The van der Waals surface area contributed by atoms with Gasteiger partial charge in [0.2, 0.25) is 11.9 Å². The average molecular weight is 741 g/mol. The predicted molar refractivity (Wildman–Crippen MR) is 200 cm³/mol. The number of benzene rings is 2. The minimum absolute atomic E-state index is 0.0261. The van der Waals surface area contributed by atoms with Crippen molar-refractivity contribution in [2.24, 2.45) is 17.6 Å². The fraction of sp³-hybridized carbons (Fsp3) is 0.371. The molecule has 2 aliphatic rings. The number of hydrogen-bond acceptors (Lipinski definition) is 13. The van der Waals surface area contributed by atoms with E-state index in [2.05, 4.69) is 41.2 Å². The Morgan fingerprint density at radius 1 is 0.765 bits per heavy atom. The van der Waals surface area contributed by atoms with E-state index in [9.17, 15) is 9.59 Å². The van der Waals surface area contributed by atoms with Crippen molar-refractivity contribution in [3.63, 3.8) is 0 Å². The van der Waals surface area contributed by atoms with Crippen LogP contribution in [0.3, 0.4) is 0 Å². The van der Waals surface area contributed by atoms with Crippen molar-refractivity contribution in [2.45, 2.75) is 26.7 Å². The maximum Gasteiger partial charge on any atom is 0.337 e. The Kier molecular flexibility index (Phi) is 14.7. The molecule has 14 nitrogen and oxygen atoms in total. The third-order valence-electron chi connectivity index (χ3n) is 7.72. The second-order valence-electron chi connectivity index (χ2n) is 11.9. The van der Waals surface area contributed by atoms with Crippen LogP contribution in [-0.4, -0.2) is 83.9 Å². The number of aryl methyl sites for hydroxylation is 2. The number of halogens is 2. The standard InChI is InChI=1S/C18H21ClN4O2.C13H13ClN4O2.C4H9NO/c1-11-7-17(20-2)23-18(21-11)22-13-4-5-15(19)14(8-13)16(24)6-3-12-9-25-10-12;1-7-5-11(15-2)18-13(16-7)17-8-3-4-10(14)9(6-8)12(19)20;5-1-4-2-6-3-4/h4-5,7-8,12H,3,6,9-10H2,1-2H3,(H2,20,21,22,23);3-6H,1-2H3,(H,19,20)(H2,15,16,17,18);4H,1-3,5H2. The van der Waals surface area contributed by atoms with Gasteiger partial charge in [0.05, 0.1) is 42.0 Å². The molecule has 0 atom stereocenters. The highest BCUT2D eigenvalue weighted by atomic mass is 35.5. The molecule has 0 spiro atoms. The van der Waals surface area contributed by atoms with Crippen LogP contribution in [0, 0.1) is 25.7 Å². The molecule has 0 radical (unpaired) electrons. The molecule has 6 rings (SSSR count). The van der Waals surface area contributed by atoms with Gasteiger partial charge in [-0.1, -0.05) is 23.2 Å². The van der Waals surface area contributed by atoms with E-state index in [-0.39, 0.29) is 16.4 Å². The highest BCUT2D eigenvalue weighted by Crippen LogP contribution is 2.26. The number of carbonyl (C=O) groups excluding carboxylic acids is 1. The van der Waals surface area contributed by atoms with Crippen LogP contribution in [0.25, 0.3) is 0 Å². The first-order valence-corrected chi connectivity index (χ1v) is 17.1. The van der Waals surface area contributed by atoms with Gasteiger partial charge in [-0.05, 0) is 63.2 Å². The number of carboxylic acid groups (broad SMARTS) is 1. The molecule has 0 amide bonds. The maximum absolute atomic E-state index is 12.5. The van der Waals surface area contributed by atoms with Gasteiger partial charge in [0, 0.05) is 72.8 Å². The molecule has 0 aliphatic carbocycles. The van der Waals surface area contributed by atoms with Crippen molar-refractivity contribution >= 4 is 69.9 Å². The summed E-state index contributed by atoms with van der Waals surface area (Å²) in [5.74, 6) is 2.37. The van der Waals surface area contributed by atoms with Crippen LogP contribution in [0.15, 0.2) is 48.5 Å². The number of nitrogens with two attached hydrogens (primary N) is 1. The Labute approximate surface area is 306 Å². The average Bonchev–Trinajstić information content (AvgIpc) is 3.05. The molecule has 0 unspecified atom stereocenters. The van der Waals surface area contributed by atoms with Crippen LogP contribution in [0.5, 0.6) is 0 Å². The molecule has 0 saturated carbocycles. The van der Waals surface area contributed by atoms with Crippen molar-refractivity contribution in [1.29, 1.82) is 0 Å². The third-order valence-corrected chi connectivity index (χ3v) is 8.38. The molecule has 2 aromatic heterocycles. The monoisotopic (exact) mass is 739 g/mol. The van der Waals surface area contributed by atoms with Crippen LogP contribution in [-0.2, 0) is 9.47 Å². The summed E-state index contributed by atoms with van der Waals surface area (Å²) >= 11 is 12.0. The van der Waals surface area contributed by atoms with Crippen LogP contribution in [0.2, 0.25) is 10.0 Å². The van der Waals surface area contributed by atoms with Gasteiger partial charge in [-0.2, -0.15) is 9.97 Å². The summed E-state index contributed by atoms with van der Waals surface area (Å²) in [6, 6.07) is 13.6. The van der Waals surface area contributed by atoms with Gasteiger partial charge in [0.15, 0.2) is 5.78 Å². The molecule has 51 heavy (non-hydrogen) atoms. The second kappa shape index (κ2) is 19.1. The first-order valence-electron chi connectivity index (χ1n) is 16.3. The van der Waals surface area contributed by atoms with E-state index in [4.69, 9.17) is 43.5 Å². The van der Waals surface area contributed by atoms with Gasteiger partial charge >= 0.3 is 5.97 Å². The molecule has 2 aromatic carbocycles. The number of anilines is 6. The zero-order valence-corrected chi connectivity index (χ0v) is 30.4. The smallest absolute Gasteiger partial charge is 0.337 e. The number of carboxylic acids is 1. The predicted octanol–water partition coefficient (Wildman–Crippen LogP) is 6.35. The molecular formula is C35H43Cl2N9O5. The minimum Gasteiger partial charge on any atom is -0.478 e. The van der Waals surface area contributed by atoms with Crippen molar-refractivity contribution in [3.05, 3.63) is 81.1 Å². The molecule has 4 aromatic rings. The summed E-state index contributed by atoms with van der Waals surface area (Å²) in [5.41, 5.74) is 8.72. The van der Waals surface area contributed by atoms with Gasteiger partial charge in [0.25, 0.3) is 0 Å². The number of ketones is 1. The number of rotatable bonds is 12. The normalized spacial score (nSPS) is 13.6. The van der Waals surface area contributed by atoms with E-state index < -0.39 is 5.97 Å². The molecule has 4 heterocycles. The van der Waals surface area contributed by atoms with Gasteiger partial charge in [-0.15, -0.1) is 0 Å². The zero-order chi connectivity index (χ0) is 36.9. The number of aromatic carboxylic acids is 1. The van der Waals surface area contributed by atoms with Gasteiger partial charge in [-0.3, -0.25) is 4.79 Å². The lowest BCUT2D eigenvalue weighted by molar-refractivity contribution is -0.0353. The topological polar surface area (TPSA) is 199 Å². The lowest BCUT2D eigenvalue weighted by Crippen LogP contribution is -2.33. The summed E-state index contributed by atoms with van der Waals surface area (Å²) < 4.78 is 9.99. The first kappa shape index (κ1) is 39.2. The second-order valence-corrected chi connectivity index (χ2v) is 12.7. The Balaban J connectivity index is 0.000000200. The van der Waals surface area contributed by atoms with E-state index in [0.29, 0.717) is 52.2 Å². The summed E-state index contributed by atoms with van der Waals surface area (Å²) in [5, 5.41) is 21.7. The van der Waals surface area contributed by atoms with Crippen molar-refractivity contribution in [1.82, 2.24) is 19.9 Å². The Morgan fingerprint density at radius 2 is 1.24 bits per heavy atom. The molecule has 2 aliphatic heterocycles. The van der Waals surface area contributed by atoms with E-state index in [1.165, 1.54) is 12.1 Å². The third kappa shape index (κ3) is 12.0. The fourth-order valence-corrected chi connectivity index (χ4v) is 5.11. The zero-order valence-electron chi connectivity index (χ0n) is 28.9. The van der Waals surface area contributed by atoms with Gasteiger partial charge in [0.1, 0.15) is 11.6 Å². The largest absolute Gasteiger partial charge is 0.478 e. The fourth-order valence-electron chi connectivity index (χ4n) is 4.69. The quantitative estimate of drug-likeness (QED) is 0.0879. The molecule has 0 bridgehead atoms. The first-order chi connectivity index (χ1) is 24.5. The summed E-state index contributed by atoms with van der Waals surface area (Å²) in [4.78, 5) is 40.7. The number of hydrogen-bond donors (Lipinski definition) is 6. The number of Topliss-reactive ketones (excluding diaryl/α,β-unsaturated/α-hetero) is 1. The number of ether oxygens (including phenoxy) is 2. The molecule has 7 N–H and O–H groups in total. The van der Waals surface area contributed by atoms with Crippen LogP contribution in [0.4, 0.5) is 34.9 Å². The summed E-state index contributed by atoms with van der Waals surface area (Å²) in [6.45, 7) is 7.81. The lowest BCUT2D eigenvalue weighted by Gasteiger charge is -2.25. The van der Waals surface area contributed by atoms with Crippen LogP contribution < -0.4 is 27.0 Å². The van der Waals surface area contributed by atoms with Gasteiger partial charge < -0.3 is 41.6 Å². The van der Waals surface area contributed by atoms with E-state index in [0.717, 1.165) is 62.3 Å². The molecule has 2 fully saturated rings. The van der Waals surface area contributed by atoms with Gasteiger partial charge in [-0.25, -0.2) is 14.8 Å². The molecule has 272 valence electrons. The van der Waals surface area contributed by atoms with E-state index in [1.54, 1.807) is 38.4 Å². The number of nitrogens with one attached hydrogen (secondary N) is 4. The maximum atomic E-state index is 12.5.